The van der Waals surface area contributed by atoms with E-state index in [1.54, 1.807) is 16.7 Å². The van der Waals surface area contributed by atoms with E-state index in [-0.39, 0.29) is 6.03 Å². The average molecular weight is 348 g/mol. The summed E-state index contributed by atoms with van der Waals surface area (Å²) in [6, 6.07) is 6.82. The van der Waals surface area contributed by atoms with E-state index in [0.29, 0.717) is 25.5 Å². The van der Waals surface area contributed by atoms with Crippen molar-refractivity contribution in [2.24, 2.45) is 0 Å². The van der Waals surface area contributed by atoms with E-state index in [2.05, 4.69) is 10.3 Å². The molecule has 1 aromatic heterocycles. The number of hydrogen-bond acceptors (Lipinski definition) is 5. The zero-order valence-electron chi connectivity index (χ0n) is 13.7. The number of carbonyl (C=O) groups excluding carboxylic acids is 2. The number of aromatic nitrogens is 2. The number of para-hydroxylation sites is 2. The molecule has 1 atom stereocenters. The van der Waals surface area contributed by atoms with Crippen molar-refractivity contribution in [3.05, 3.63) is 24.3 Å². The van der Waals surface area contributed by atoms with Gasteiger partial charge in [-0.2, -0.15) is 11.8 Å². The summed E-state index contributed by atoms with van der Waals surface area (Å²) in [5.74, 6) is 0.950. The van der Waals surface area contributed by atoms with Gasteiger partial charge in [0.05, 0.1) is 18.1 Å². The summed E-state index contributed by atoms with van der Waals surface area (Å²) in [5.41, 5.74) is 1.87. The molecule has 3 rings (SSSR count). The SMILES string of the molecule is COC(=O)[C@H](CCSC)NC(=O)N1CCn2c1nc1ccccc12. The second kappa shape index (κ2) is 7.12. The van der Waals surface area contributed by atoms with Gasteiger partial charge in [0.1, 0.15) is 6.04 Å². The van der Waals surface area contributed by atoms with Crippen LogP contribution in [0.15, 0.2) is 24.3 Å². The van der Waals surface area contributed by atoms with Crippen molar-refractivity contribution in [2.75, 3.05) is 30.6 Å². The van der Waals surface area contributed by atoms with Gasteiger partial charge in [-0.25, -0.2) is 14.6 Å². The lowest BCUT2D eigenvalue weighted by atomic mass is 10.2. The van der Waals surface area contributed by atoms with Gasteiger partial charge in [0, 0.05) is 13.1 Å². The molecule has 0 saturated carbocycles. The summed E-state index contributed by atoms with van der Waals surface area (Å²) < 4.78 is 6.81. The van der Waals surface area contributed by atoms with Crippen molar-refractivity contribution < 1.29 is 14.3 Å². The van der Waals surface area contributed by atoms with Crippen LogP contribution in [0.1, 0.15) is 6.42 Å². The summed E-state index contributed by atoms with van der Waals surface area (Å²) >= 11 is 1.62. The Balaban J connectivity index is 1.78. The normalized spacial score (nSPS) is 14.5. The topological polar surface area (TPSA) is 76.5 Å². The van der Waals surface area contributed by atoms with Gasteiger partial charge in [-0.1, -0.05) is 12.1 Å². The maximum atomic E-state index is 12.6. The quantitative estimate of drug-likeness (QED) is 0.835. The molecule has 8 heteroatoms. The third kappa shape index (κ3) is 3.06. The van der Waals surface area contributed by atoms with E-state index < -0.39 is 12.0 Å². The van der Waals surface area contributed by atoms with Crippen LogP contribution in [0.2, 0.25) is 0 Å². The van der Waals surface area contributed by atoms with Gasteiger partial charge in [-0.15, -0.1) is 0 Å². The molecule has 7 nitrogen and oxygen atoms in total. The Labute approximate surface area is 144 Å². The maximum Gasteiger partial charge on any atom is 0.328 e. The molecule has 1 N–H and O–H groups in total. The first kappa shape index (κ1) is 16.6. The van der Waals surface area contributed by atoms with Crippen molar-refractivity contribution in [3.63, 3.8) is 0 Å². The summed E-state index contributed by atoms with van der Waals surface area (Å²) in [6.45, 7) is 1.23. The Kier molecular flexibility index (Phi) is 4.94. The Morgan fingerprint density at radius 3 is 2.92 bits per heavy atom. The van der Waals surface area contributed by atoms with Gasteiger partial charge in [0.25, 0.3) is 0 Å². The highest BCUT2D eigenvalue weighted by Crippen LogP contribution is 2.27. The van der Waals surface area contributed by atoms with Crippen LogP contribution < -0.4 is 10.2 Å². The van der Waals surface area contributed by atoms with E-state index in [1.807, 2.05) is 35.1 Å². The molecule has 1 aliphatic heterocycles. The number of imidazole rings is 1. The van der Waals surface area contributed by atoms with Crippen LogP contribution in [0, 0.1) is 0 Å². The Morgan fingerprint density at radius 2 is 2.17 bits per heavy atom. The molecule has 128 valence electrons. The van der Waals surface area contributed by atoms with Gasteiger partial charge in [0.15, 0.2) is 0 Å². The number of carbonyl (C=O) groups is 2. The van der Waals surface area contributed by atoms with Crippen LogP contribution in [-0.2, 0) is 16.1 Å². The summed E-state index contributed by atoms with van der Waals surface area (Å²) in [7, 11) is 1.33. The molecule has 0 unspecified atom stereocenters. The third-order valence-electron chi connectivity index (χ3n) is 4.06. The number of nitrogens with one attached hydrogen (secondary N) is 1. The standard InChI is InChI=1S/C16H20N4O3S/c1-23-14(21)12(7-10-24-2)18-16(22)20-9-8-19-13-6-4-3-5-11(13)17-15(19)20/h3-6,12H,7-10H2,1-2H3,(H,18,22)/t12-/m0/s1. The molecule has 2 amide bonds. The summed E-state index contributed by atoms with van der Waals surface area (Å²) in [5, 5.41) is 2.78. The van der Waals surface area contributed by atoms with E-state index in [4.69, 9.17) is 4.74 Å². The lowest BCUT2D eigenvalue weighted by Gasteiger charge is -2.20. The van der Waals surface area contributed by atoms with Crippen LogP contribution >= 0.6 is 11.8 Å². The average Bonchev–Trinajstić information content (AvgIpc) is 3.16. The van der Waals surface area contributed by atoms with Crippen LogP contribution in [-0.4, -0.2) is 53.3 Å². The van der Waals surface area contributed by atoms with Gasteiger partial charge < -0.3 is 14.6 Å². The Hall–Kier alpha value is -2.22. The minimum atomic E-state index is -0.645. The first-order chi connectivity index (χ1) is 11.7. The molecule has 1 aliphatic rings. The highest BCUT2D eigenvalue weighted by atomic mass is 32.2. The van der Waals surface area contributed by atoms with E-state index in [0.717, 1.165) is 16.8 Å². The zero-order chi connectivity index (χ0) is 17.1. The second-order valence-electron chi connectivity index (χ2n) is 5.51. The number of anilines is 1. The van der Waals surface area contributed by atoms with Crippen molar-refractivity contribution in [2.45, 2.75) is 19.0 Å². The molecule has 0 fully saturated rings. The van der Waals surface area contributed by atoms with Crippen molar-refractivity contribution in [3.8, 4) is 0 Å². The number of thioether (sulfide) groups is 1. The second-order valence-corrected chi connectivity index (χ2v) is 6.50. The van der Waals surface area contributed by atoms with Gasteiger partial charge in [0.2, 0.25) is 5.95 Å². The molecule has 0 aliphatic carbocycles. The summed E-state index contributed by atoms with van der Waals surface area (Å²) in [4.78, 5) is 30.6. The van der Waals surface area contributed by atoms with Crippen LogP contribution in [0.5, 0.6) is 0 Å². The lowest BCUT2D eigenvalue weighted by molar-refractivity contribution is -0.142. The number of methoxy groups -OCH3 is 1. The number of hydrogen-bond donors (Lipinski definition) is 1. The lowest BCUT2D eigenvalue weighted by Crippen LogP contribution is -2.48. The van der Waals surface area contributed by atoms with Crippen LogP contribution in [0.3, 0.4) is 0 Å². The fourth-order valence-corrected chi connectivity index (χ4v) is 3.31. The predicted molar refractivity (Wildman–Crippen MR) is 94.4 cm³/mol. The number of rotatable bonds is 5. The summed E-state index contributed by atoms with van der Waals surface area (Å²) in [6.07, 6.45) is 2.49. The number of esters is 1. The minimum Gasteiger partial charge on any atom is -0.467 e. The predicted octanol–water partition coefficient (Wildman–Crippen LogP) is 1.86. The Bertz CT molecular complexity index is 761. The zero-order valence-corrected chi connectivity index (χ0v) is 14.5. The van der Waals surface area contributed by atoms with Gasteiger partial charge in [-0.05, 0) is 30.6 Å². The number of nitrogens with zero attached hydrogens (tertiary/aromatic N) is 3. The number of benzene rings is 1. The number of urea groups is 1. The minimum absolute atomic E-state index is 0.319. The molecule has 2 aromatic rings. The molecular formula is C16H20N4O3S. The van der Waals surface area contributed by atoms with Crippen molar-refractivity contribution >= 4 is 40.7 Å². The van der Waals surface area contributed by atoms with Crippen LogP contribution in [0.4, 0.5) is 10.7 Å². The van der Waals surface area contributed by atoms with Gasteiger partial charge in [-0.3, -0.25) is 4.90 Å². The van der Waals surface area contributed by atoms with E-state index in [9.17, 15) is 9.59 Å². The highest BCUT2D eigenvalue weighted by molar-refractivity contribution is 7.98. The fraction of sp³-hybridized carbons (Fsp3) is 0.438. The first-order valence-corrected chi connectivity index (χ1v) is 9.15. The first-order valence-electron chi connectivity index (χ1n) is 7.75. The number of amides is 2. The number of ether oxygens (including phenoxy) is 1. The smallest absolute Gasteiger partial charge is 0.328 e. The van der Waals surface area contributed by atoms with E-state index in [1.165, 1.54) is 7.11 Å². The molecule has 2 heterocycles. The molecule has 0 radical (unpaired) electrons. The van der Waals surface area contributed by atoms with Crippen molar-refractivity contribution in [1.82, 2.24) is 14.9 Å². The Morgan fingerprint density at radius 1 is 1.38 bits per heavy atom. The third-order valence-corrected chi connectivity index (χ3v) is 4.71. The van der Waals surface area contributed by atoms with Crippen molar-refractivity contribution in [1.29, 1.82) is 0 Å². The van der Waals surface area contributed by atoms with E-state index >= 15 is 0 Å². The molecule has 24 heavy (non-hydrogen) atoms. The molecule has 0 bridgehead atoms. The number of fused-ring (bicyclic) bond motifs is 3. The van der Waals surface area contributed by atoms with Crippen LogP contribution in [0.25, 0.3) is 11.0 Å². The largest absolute Gasteiger partial charge is 0.467 e. The molecule has 0 saturated heterocycles. The van der Waals surface area contributed by atoms with Gasteiger partial charge >= 0.3 is 12.0 Å². The monoisotopic (exact) mass is 348 g/mol. The molecule has 0 spiro atoms. The molecular weight excluding hydrogens is 328 g/mol. The highest BCUT2D eigenvalue weighted by Gasteiger charge is 2.31. The maximum absolute atomic E-state index is 12.6. The molecule has 1 aromatic carbocycles. The fourth-order valence-electron chi connectivity index (χ4n) is 2.84.